The van der Waals surface area contributed by atoms with Gasteiger partial charge in [0.25, 0.3) is 0 Å². The fourth-order valence-electron chi connectivity index (χ4n) is 2.98. The van der Waals surface area contributed by atoms with Crippen LogP contribution in [0.5, 0.6) is 5.75 Å². The quantitative estimate of drug-likeness (QED) is 0.255. The van der Waals surface area contributed by atoms with E-state index in [0.717, 1.165) is 17.7 Å². The molecular formula is C19H32IN3O4S. The molecule has 0 aromatic heterocycles. The molecule has 1 saturated heterocycles. The van der Waals surface area contributed by atoms with Gasteiger partial charge in [-0.15, -0.1) is 24.0 Å². The molecule has 0 amide bonds. The van der Waals surface area contributed by atoms with Crippen LogP contribution in [0.15, 0.2) is 29.3 Å². The van der Waals surface area contributed by atoms with Crippen LogP contribution in [0.4, 0.5) is 0 Å². The summed E-state index contributed by atoms with van der Waals surface area (Å²) < 4.78 is 34.4. The van der Waals surface area contributed by atoms with Crippen molar-refractivity contribution in [1.82, 2.24) is 10.2 Å². The Morgan fingerprint density at radius 1 is 1.32 bits per heavy atom. The van der Waals surface area contributed by atoms with Crippen LogP contribution in [0, 0.1) is 0 Å². The van der Waals surface area contributed by atoms with E-state index in [1.165, 1.54) is 0 Å². The summed E-state index contributed by atoms with van der Waals surface area (Å²) in [5, 5.41) is 3.33. The highest BCUT2D eigenvalue weighted by atomic mass is 127. The molecular weight excluding hydrogens is 493 g/mol. The summed E-state index contributed by atoms with van der Waals surface area (Å²) in [7, 11) is 0.323. The zero-order valence-electron chi connectivity index (χ0n) is 17.1. The fraction of sp³-hybridized carbons (Fsp3) is 0.632. The minimum absolute atomic E-state index is 0. The van der Waals surface area contributed by atoms with Crippen molar-refractivity contribution in [3.63, 3.8) is 0 Å². The Morgan fingerprint density at radius 2 is 2.07 bits per heavy atom. The normalized spacial score (nSPS) is 18.3. The molecule has 1 aromatic carbocycles. The second-order valence-corrected chi connectivity index (χ2v) is 9.99. The molecule has 0 atom stereocenters. The van der Waals surface area contributed by atoms with E-state index in [4.69, 9.17) is 9.47 Å². The molecule has 1 N–H and O–H groups in total. The molecule has 1 aliphatic heterocycles. The molecule has 1 aromatic rings. The van der Waals surface area contributed by atoms with Gasteiger partial charge in [-0.1, -0.05) is 12.1 Å². The van der Waals surface area contributed by atoms with E-state index in [-0.39, 0.29) is 29.7 Å². The Balaban J connectivity index is 0.00000392. The number of hydrogen-bond acceptors (Lipinski definition) is 5. The van der Waals surface area contributed by atoms with Crippen LogP contribution in [0.3, 0.4) is 0 Å². The van der Waals surface area contributed by atoms with Crippen LogP contribution < -0.4 is 10.1 Å². The van der Waals surface area contributed by atoms with Crippen molar-refractivity contribution in [2.75, 3.05) is 46.2 Å². The van der Waals surface area contributed by atoms with Gasteiger partial charge in [-0.25, -0.2) is 8.42 Å². The van der Waals surface area contributed by atoms with Crippen LogP contribution in [0.2, 0.25) is 0 Å². The maximum Gasteiger partial charge on any atom is 0.193 e. The lowest BCUT2D eigenvalue weighted by Gasteiger charge is -2.39. The molecule has 0 unspecified atom stereocenters. The number of halogens is 1. The molecule has 0 radical (unpaired) electrons. The van der Waals surface area contributed by atoms with Gasteiger partial charge in [-0.2, -0.15) is 0 Å². The summed E-state index contributed by atoms with van der Waals surface area (Å²) in [5.74, 6) is 1.68. The van der Waals surface area contributed by atoms with Gasteiger partial charge >= 0.3 is 0 Å². The van der Waals surface area contributed by atoms with Crippen LogP contribution in [0.25, 0.3) is 0 Å². The van der Waals surface area contributed by atoms with Gasteiger partial charge in [0.05, 0.1) is 17.1 Å². The fourth-order valence-corrected chi connectivity index (χ4v) is 4.34. The van der Waals surface area contributed by atoms with Crippen molar-refractivity contribution >= 4 is 39.8 Å². The molecule has 0 spiro atoms. The number of benzene rings is 1. The van der Waals surface area contributed by atoms with Gasteiger partial charge in [-0.05, 0) is 31.5 Å². The number of aliphatic imine (C=N–C) groups is 1. The van der Waals surface area contributed by atoms with Crippen LogP contribution in [-0.2, 0) is 21.1 Å². The number of ether oxygens (including phenoxy) is 2. The second kappa shape index (κ2) is 11.2. The van der Waals surface area contributed by atoms with Crippen LogP contribution in [0.1, 0.15) is 25.8 Å². The predicted molar refractivity (Wildman–Crippen MR) is 123 cm³/mol. The third-order valence-corrected chi connectivity index (χ3v) is 7.20. The highest BCUT2D eigenvalue weighted by Crippen LogP contribution is 2.23. The van der Waals surface area contributed by atoms with E-state index in [1.807, 2.05) is 29.2 Å². The second-order valence-electron chi connectivity index (χ2n) is 7.24. The first-order valence-corrected chi connectivity index (χ1v) is 10.8. The number of hydrogen-bond donors (Lipinski definition) is 1. The lowest BCUT2D eigenvalue weighted by Crippen LogP contribution is -2.57. The number of guanidine groups is 1. The van der Waals surface area contributed by atoms with Crippen LogP contribution >= 0.6 is 24.0 Å². The Hall–Kier alpha value is -1.07. The van der Waals surface area contributed by atoms with Gasteiger partial charge < -0.3 is 19.7 Å². The zero-order valence-corrected chi connectivity index (χ0v) is 20.2. The maximum absolute atomic E-state index is 12.2. The molecule has 28 heavy (non-hydrogen) atoms. The molecule has 160 valence electrons. The van der Waals surface area contributed by atoms with E-state index in [9.17, 15) is 8.42 Å². The molecule has 0 saturated carbocycles. The summed E-state index contributed by atoms with van der Waals surface area (Å²) in [6.07, 6.45) is 0.846. The molecule has 1 aliphatic rings. The number of nitrogens with one attached hydrogen (secondary N) is 1. The van der Waals surface area contributed by atoms with Crippen molar-refractivity contribution in [2.24, 2.45) is 4.99 Å². The Morgan fingerprint density at radius 3 is 2.71 bits per heavy atom. The maximum atomic E-state index is 12.2. The van der Waals surface area contributed by atoms with Crippen molar-refractivity contribution in [3.05, 3.63) is 29.8 Å². The molecule has 0 bridgehead atoms. The first kappa shape index (κ1) is 25.0. The standard InChI is InChI=1S/C19H31N3O4S.HI/c1-19(2)15-22(9-12-27(19,23)24)18(20-3)21-14-16-7-5-8-17(13-16)26-11-6-10-25-4;/h5,7-8,13H,6,9-12,14-15H2,1-4H3,(H,20,21);1H. The highest BCUT2D eigenvalue weighted by molar-refractivity contribution is 14.0. The summed E-state index contributed by atoms with van der Waals surface area (Å²) >= 11 is 0. The molecule has 0 aliphatic carbocycles. The SMILES string of the molecule is CN=C(NCc1cccc(OCCCOC)c1)N1CCS(=O)(=O)C(C)(C)C1.I. The van der Waals surface area contributed by atoms with E-state index in [0.29, 0.717) is 38.8 Å². The Kier molecular flexibility index (Phi) is 9.99. The molecule has 2 rings (SSSR count). The molecule has 9 heteroatoms. The van der Waals surface area contributed by atoms with E-state index >= 15 is 0 Å². The smallest absolute Gasteiger partial charge is 0.193 e. The molecule has 1 fully saturated rings. The first-order chi connectivity index (χ1) is 12.8. The minimum Gasteiger partial charge on any atom is -0.493 e. The first-order valence-electron chi connectivity index (χ1n) is 9.17. The van der Waals surface area contributed by atoms with Crippen molar-refractivity contribution in [2.45, 2.75) is 31.6 Å². The topological polar surface area (TPSA) is 80.2 Å². The van der Waals surface area contributed by atoms with E-state index in [2.05, 4.69) is 10.3 Å². The van der Waals surface area contributed by atoms with Gasteiger partial charge in [-0.3, -0.25) is 4.99 Å². The van der Waals surface area contributed by atoms with Crippen molar-refractivity contribution in [1.29, 1.82) is 0 Å². The zero-order chi connectivity index (χ0) is 19.9. The number of rotatable bonds is 7. The number of methoxy groups -OCH3 is 1. The number of nitrogens with zero attached hydrogens (tertiary/aromatic N) is 2. The molecule has 1 heterocycles. The number of sulfone groups is 1. The average Bonchev–Trinajstić information content (AvgIpc) is 2.62. The van der Waals surface area contributed by atoms with Crippen molar-refractivity contribution < 1.29 is 17.9 Å². The third-order valence-electron chi connectivity index (χ3n) is 4.67. The van der Waals surface area contributed by atoms with Gasteiger partial charge in [0, 0.05) is 46.8 Å². The van der Waals surface area contributed by atoms with Crippen molar-refractivity contribution in [3.8, 4) is 5.75 Å². The van der Waals surface area contributed by atoms with Gasteiger partial charge in [0.2, 0.25) is 0 Å². The average molecular weight is 525 g/mol. The summed E-state index contributed by atoms with van der Waals surface area (Å²) in [5.41, 5.74) is 1.07. The lowest BCUT2D eigenvalue weighted by atomic mass is 10.2. The summed E-state index contributed by atoms with van der Waals surface area (Å²) in [6, 6.07) is 7.91. The summed E-state index contributed by atoms with van der Waals surface area (Å²) in [6.45, 7) is 6.30. The predicted octanol–water partition coefficient (Wildman–Crippen LogP) is 2.30. The van der Waals surface area contributed by atoms with Gasteiger partial charge in [0.1, 0.15) is 5.75 Å². The summed E-state index contributed by atoms with van der Waals surface area (Å²) in [4.78, 5) is 6.33. The van der Waals surface area contributed by atoms with Crippen LogP contribution in [-0.4, -0.2) is 70.2 Å². The largest absolute Gasteiger partial charge is 0.493 e. The third kappa shape index (κ3) is 6.77. The van der Waals surface area contributed by atoms with E-state index in [1.54, 1.807) is 28.0 Å². The molecule has 7 nitrogen and oxygen atoms in total. The minimum atomic E-state index is -3.07. The van der Waals surface area contributed by atoms with E-state index < -0.39 is 14.6 Å². The van der Waals surface area contributed by atoms with Gasteiger partial charge in [0.15, 0.2) is 15.8 Å². The highest BCUT2D eigenvalue weighted by Gasteiger charge is 2.40. The Bertz CT molecular complexity index is 753. The Labute approximate surface area is 185 Å². The monoisotopic (exact) mass is 525 g/mol. The lowest BCUT2D eigenvalue weighted by molar-refractivity contribution is 0.172.